The molecule has 7 nitrogen and oxygen atoms in total. The van der Waals surface area contributed by atoms with Crippen molar-refractivity contribution in [2.24, 2.45) is 5.92 Å². The summed E-state index contributed by atoms with van der Waals surface area (Å²) in [4.78, 5) is 31.6. The van der Waals surface area contributed by atoms with Crippen molar-refractivity contribution >= 4 is 17.6 Å². The first-order valence-electron chi connectivity index (χ1n) is 9.53. The van der Waals surface area contributed by atoms with Gasteiger partial charge in [-0.25, -0.2) is 4.98 Å². The lowest BCUT2D eigenvalue weighted by Crippen LogP contribution is -2.43. The molecule has 7 heteroatoms. The van der Waals surface area contributed by atoms with E-state index < -0.39 is 0 Å². The molecule has 0 aliphatic carbocycles. The van der Waals surface area contributed by atoms with Crippen LogP contribution in [0.15, 0.2) is 36.4 Å². The van der Waals surface area contributed by atoms with Crippen LogP contribution in [0.1, 0.15) is 28.9 Å². The highest BCUT2D eigenvalue weighted by Gasteiger charge is 2.29. The number of piperidine rings is 1. The van der Waals surface area contributed by atoms with E-state index in [0.29, 0.717) is 49.2 Å². The number of nitrogens with one attached hydrogen (secondary N) is 1. The van der Waals surface area contributed by atoms with E-state index in [-0.39, 0.29) is 17.7 Å². The second-order valence-electron chi connectivity index (χ2n) is 7.10. The number of hydrogen-bond acceptors (Lipinski definition) is 5. The van der Waals surface area contributed by atoms with Gasteiger partial charge in [-0.3, -0.25) is 9.59 Å². The summed E-state index contributed by atoms with van der Waals surface area (Å²) in [6.07, 6.45) is 1.54. The van der Waals surface area contributed by atoms with Crippen molar-refractivity contribution in [3.8, 4) is 11.5 Å². The minimum Gasteiger partial charge on any atom is -0.486 e. The number of carbonyl (C=O) groups is 2. The monoisotopic (exact) mass is 381 g/mol. The number of fused-ring (bicyclic) bond motifs is 1. The third-order valence-electron chi connectivity index (χ3n) is 5.01. The maximum Gasteiger partial charge on any atom is 0.254 e. The molecule has 0 bridgehead atoms. The number of amides is 2. The number of pyridine rings is 1. The average Bonchev–Trinajstić information content (AvgIpc) is 2.73. The van der Waals surface area contributed by atoms with Crippen LogP contribution in [0.5, 0.6) is 11.5 Å². The van der Waals surface area contributed by atoms with E-state index in [9.17, 15) is 9.59 Å². The fourth-order valence-electron chi connectivity index (χ4n) is 3.58. The highest BCUT2D eigenvalue weighted by atomic mass is 16.6. The van der Waals surface area contributed by atoms with Crippen LogP contribution < -0.4 is 14.8 Å². The largest absolute Gasteiger partial charge is 0.486 e. The Bertz CT molecular complexity index is 899. The molecular formula is C21H23N3O4. The van der Waals surface area contributed by atoms with E-state index in [1.807, 2.05) is 19.1 Å². The van der Waals surface area contributed by atoms with Crippen LogP contribution in [-0.4, -0.2) is 48.0 Å². The van der Waals surface area contributed by atoms with Crippen molar-refractivity contribution in [2.75, 3.05) is 31.6 Å². The molecule has 0 radical (unpaired) electrons. The normalized spacial score (nSPS) is 18.5. The number of hydrogen-bond donors (Lipinski definition) is 1. The van der Waals surface area contributed by atoms with Gasteiger partial charge in [0.25, 0.3) is 5.91 Å². The third-order valence-corrected chi connectivity index (χ3v) is 5.01. The van der Waals surface area contributed by atoms with Gasteiger partial charge in [-0.15, -0.1) is 0 Å². The van der Waals surface area contributed by atoms with Crippen molar-refractivity contribution in [2.45, 2.75) is 19.8 Å². The van der Waals surface area contributed by atoms with Crippen molar-refractivity contribution in [1.82, 2.24) is 9.88 Å². The maximum atomic E-state index is 12.9. The molecule has 1 fully saturated rings. The Morgan fingerprint density at radius 2 is 1.96 bits per heavy atom. The lowest BCUT2D eigenvalue weighted by atomic mass is 9.96. The highest BCUT2D eigenvalue weighted by molar-refractivity contribution is 5.96. The Morgan fingerprint density at radius 1 is 1.14 bits per heavy atom. The molecule has 2 aliphatic rings. The van der Waals surface area contributed by atoms with Gasteiger partial charge in [0.15, 0.2) is 11.5 Å². The molecule has 146 valence electrons. The first-order valence-corrected chi connectivity index (χ1v) is 9.53. The molecule has 0 unspecified atom stereocenters. The number of nitrogens with zero attached hydrogens (tertiary/aromatic N) is 2. The predicted octanol–water partition coefficient (Wildman–Crippen LogP) is 2.65. The highest BCUT2D eigenvalue weighted by Crippen LogP contribution is 2.31. The summed E-state index contributed by atoms with van der Waals surface area (Å²) in [7, 11) is 0. The summed E-state index contributed by atoms with van der Waals surface area (Å²) in [5.74, 6) is 1.34. The Balaban J connectivity index is 1.43. The number of ether oxygens (including phenoxy) is 2. The van der Waals surface area contributed by atoms with Gasteiger partial charge in [0.2, 0.25) is 5.91 Å². The maximum absolute atomic E-state index is 12.9. The van der Waals surface area contributed by atoms with Crippen LogP contribution in [0.25, 0.3) is 0 Å². The van der Waals surface area contributed by atoms with Gasteiger partial charge in [0.1, 0.15) is 19.0 Å². The molecule has 0 saturated carbocycles. The lowest BCUT2D eigenvalue weighted by molar-refractivity contribution is -0.121. The second kappa shape index (κ2) is 7.88. The first-order chi connectivity index (χ1) is 13.6. The number of benzene rings is 1. The van der Waals surface area contributed by atoms with Gasteiger partial charge in [0, 0.05) is 24.3 Å². The Hall–Kier alpha value is -3.09. The molecule has 2 amide bonds. The van der Waals surface area contributed by atoms with Gasteiger partial charge in [-0.1, -0.05) is 6.07 Å². The van der Waals surface area contributed by atoms with Crippen molar-refractivity contribution in [3.05, 3.63) is 47.7 Å². The number of rotatable bonds is 3. The summed E-state index contributed by atoms with van der Waals surface area (Å²) >= 11 is 0. The van der Waals surface area contributed by atoms with Crippen LogP contribution in [-0.2, 0) is 4.79 Å². The molecular weight excluding hydrogens is 358 g/mol. The quantitative estimate of drug-likeness (QED) is 0.884. The number of carbonyl (C=O) groups excluding carboxylic acids is 2. The summed E-state index contributed by atoms with van der Waals surface area (Å²) in [6.45, 7) is 3.90. The number of aromatic nitrogens is 1. The standard InChI is InChI=1S/C21H23N3O4/c1-14-4-2-6-19(22-14)23-20(25)16-5-3-9-24(13-16)21(26)15-7-8-17-18(12-15)28-11-10-27-17/h2,4,6-8,12,16H,3,5,9-11,13H2,1H3,(H,22,23,25)/t16-/m0/s1. The molecule has 1 aromatic heterocycles. The van der Waals surface area contributed by atoms with E-state index in [4.69, 9.17) is 9.47 Å². The molecule has 2 aliphatic heterocycles. The summed E-state index contributed by atoms with van der Waals surface area (Å²) < 4.78 is 11.1. The minimum absolute atomic E-state index is 0.0943. The summed E-state index contributed by atoms with van der Waals surface area (Å²) in [6, 6.07) is 10.7. The summed E-state index contributed by atoms with van der Waals surface area (Å²) in [5, 5.41) is 2.87. The van der Waals surface area contributed by atoms with E-state index in [1.165, 1.54) is 0 Å². The van der Waals surface area contributed by atoms with Gasteiger partial charge in [-0.05, 0) is 50.1 Å². The van der Waals surface area contributed by atoms with E-state index in [1.54, 1.807) is 29.2 Å². The SMILES string of the molecule is Cc1cccc(NC(=O)[C@H]2CCCN(C(=O)c3ccc4c(c3)OCCO4)C2)n1. The number of anilines is 1. The fraction of sp³-hybridized carbons (Fsp3) is 0.381. The van der Waals surface area contributed by atoms with E-state index in [0.717, 1.165) is 18.5 Å². The molecule has 0 spiro atoms. The van der Waals surface area contributed by atoms with E-state index >= 15 is 0 Å². The molecule has 2 aromatic rings. The van der Waals surface area contributed by atoms with Crippen LogP contribution in [0.3, 0.4) is 0 Å². The van der Waals surface area contributed by atoms with Crippen LogP contribution in [0.4, 0.5) is 5.82 Å². The third kappa shape index (κ3) is 3.93. The first kappa shape index (κ1) is 18.3. The summed E-state index contributed by atoms with van der Waals surface area (Å²) in [5.41, 5.74) is 1.39. The molecule has 1 N–H and O–H groups in total. The molecule has 1 saturated heterocycles. The molecule has 1 aromatic carbocycles. The van der Waals surface area contributed by atoms with Crippen molar-refractivity contribution in [3.63, 3.8) is 0 Å². The fourth-order valence-corrected chi connectivity index (χ4v) is 3.58. The molecule has 3 heterocycles. The zero-order valence-corrected chi connectivity index (χ0v) is 15.8. The second-order valence-corrected chi connectivity index (χ2v) is 7.10. The van der Waals surface area contributed by atoms with Gasteiger partial charge in [0.05, 0.1) is 5.92 Å². The van der Waals surface area contributed by atoms with E-state index in [2.05, 4.69) is 10.3 Å². The van der Waals surface area contributed by atoms with Crippen LogP contribution in [0.2, 0.25) is 0 Å². The molecule has 4 rings (SSSR count). The Morgan fingerprint density at radius 3 is 2.79 bits per heavy atom. The van der Waals surface area contributed by atoms with Gasteiger partial charge >= 0.3 is 0 Å². The molecule has 1 atom stereocenters. The van der Waals surface area contributed by atoms with Crippen LogP contribution >= 0.6 is 0 Å². The topological polar surface area (TPSA) is 80.8 Å². The zero-order valence-electron chi connectivity index (χ0n) is 15.8. The van der Waals surface area contributed by atoms with Crippen molar-refractivity contribution in [1.29, 1.82) is 0 Å². The number of likely N-dealkylation sites (tertiary alicyclic amines) is 1. The smallest absolute Gasteiger partial charge is 0.254 e. The predicted molar refractivity (Wildman–Crippen MR) is 104 cm³/mol. The van der Waals surface area contributed by atoms with Gasteiger partial charge < -0.3 is 19.7 Å². The minimum atomic E-state index is -0.253. The van der Waals surface area contributed by atoms with Crippen molar-refractivity contribution < 1.29 is 19.1 Å². The lowest BCUT2D eigenvalue weighted by Gasteiger charge is -2.32. The van der Waals surface area contributed by atoms with Gasteiger partial charge in [-0.2, -0.15) is 0 Å². The molecule has 28 heavy (non-hydrogen) atoms. The van der Waals surface area contributed by atoms with Crippen LogP contribution in [0, 0.1) is 12.8 Å². The Kier molecular flexibility index (Phi) is 5.14. The average molecular weight is 381 g/mol. The Labute approximate surface area is 163 Å². The zero-order chi connectivity index (χ0) is 19.5. The number of aryl methyl sites for hydroxylation is 1.